The highest BCUT2D eigenvalue weighted by Crippen LogP contribution is 2.60. The lowest BCUT2D eigenvalue weighted by Gasteiger charge is -2.59. The molecule has 1 saturated heterocycles. The maximum absolute atomic E-state index is 11.8. The van der Waals surface area contributed by atoms with Gasteiger partial charge in [-0.2, -0.15) is 0 Å². The van der Waals surface area contributed by atoms with Crippen molar-refractivity contribution in [2.45, 2.75) is 56.1 Å². The van der Waals surface area contributed by atoms with E-state index in [1.807, 2.05) is 6.07 Å². The van der Waals surface area contributed by atoms with E-state index in [1.54, 1.807) is 6.07 Å². The minimum atomic E-state index is -0.758. The second-order valence-corrected chi connectivity index (χ2v) is 8.00. The van der Waals surface area contributed by atoms with Crippen molar-refractivity contribution in [1.29, 1.82) is 0 Å². The molecule has 1 aromatic rings. The molecule has 0 aromatic heterocycles. The number of likely N-dealkylation sites (tertiary alicyclic amines) is 1. The molecule has 5 rings (SSSR count). The van der Waals surface area contributed by atoms with E-state index in [0.29, 0.717) is 12.4 Å². The summed E-state index contributed by atoms with van der Waals surface area (Å²) in [6.45, 7) is 4.76. The Bertz CT molecular complexity index is 671. The smallest absolute Gasteiger partial charge is 0.165 e. The molecule has 0 radical (unpaired) electrons. The maximum Gasteiger partial charge on any atom is 0.165 e. The number of aliphatic hydroxyl groups is 1. The fourth-order valence-electron chi connectivity index (χ4n) is 5.52. The highest BCUT2D eigenvalue weighted by Gasteiger charge is 2.65. The first-order valence-corrected chi connectivity index (χ1v) is 9.03. The fourth-order valence-corrected chi connectivity index (χ4v) is 5.52. The molecule has 2 heterocycles. The standard InChI is InChI=1S/C19H25NO3/c1-2-19(22)15-9-13-5-6-14(21)17-16(13)18(19,11-23-17)7-8-20(15)10-12-3-4-12/h5-6,12,15,21-22H,2-4,7-11H2,1H3/t15?,18-,19?/m1/s1. The molecule has 1 saturated carbocycles. The van der Waals surface area contributed by atoms with Gasteiger partial charge in [-0.05, 0) is 56.2 Å². The van der Waals surface area contributed by atoms with Crippen LogP contribution in [0.1, 0.15) is 43.7 Å². The third-order valence-corrected chi connectivity index (χ3v) is 6.95. The molecule has 2 N–H and O–H groups in total. The number of benzene rings is 1. The first-order chi connectivity index (χ1) is 11.1. The second-order valence-electron chi connectivity index (χ2n) is 8.00. The van der Waals surface area contributed by atoms with Gasteiger partial charge in [0.15, 0.2) is 11.5 Å². The van der Waals surface area contributed by atoms with E-state index in [2.05, 4.69) is 11.8 Å². The van der Waals surface area contributed by atoms with Crippen molar-refractivity contribution in [3.05, 3.63) is 23.3 Å². The van der Waals surface area contributed by atoms with E-state index in [1.165, 1.54) is 18.4 Å². The lowest BCUT2D eigenvalue weighted by Crippen LogP contribution is -2.71. The zero-order valence-corrected chi connectivity index (χ0v) is 13.7. The van der Waals surface area contributed by atoms with Crippen LogP contribution in [0, 0.1) is 5.92 Å². The number of hydrogen-bond acceptors (Lipinski definition) is 4. The quantitative estimate of drug-likeness (QED) is 0.898. The minimum absolute atomic E-state index is 0.174. The number of hydrogen-bond donors (Lipinski definition) is 2. The number of fused-ring (bicyclic) bond motifs is 1. The van der Waals surface area contributed by atoms with Crippen molar-refractivity contribution in [1.82, 2.24) is 4.90 Å². The molecule has 2 fully saturated rings. The monoisotopic (exact) mass is 315 g/mol. The molecule has 0 amide bonds. The number of aromatic hydroxyl groups is 1. The summed E-state index contributed by atoms with van der Waals surface area (Å²) in [5.41, 5.74) is 1.27. The first kappa shape index (κ1) is 14.1. The molecule has 3 atom stereocenters. The highest BCUT2D eigenvalue weighted by atomic mass is 16.5. The van der Waals surface area contributed by atoms with Gasteiger partial charge in [0, 0.05) is 18.2 Å². The summed E-state index contributed by atoms with van der Waals surface area (Å²) in [6.07, 6.45) is 5.21. The Hall–Kier alpha value is -1.26. The average Bonchev–Trinajstić information content (AvgIpc) is 3.27. The Kier molecular flexibility index (Phi) is 2.71. The summed E-state index contributed by atoms with van der Waals surface area (Å²) >= 11 is 0. The van der Waals surface area contributed by atoms with Crippen molar-refractivity contribution < 1.29 is 14.9 Å². The SMILES string of the molecule is CCC1(O)C2Cc3ccc(O)c4c3[C@@]1(CCN2CC1CC1)CO4. The number of ether oxygens (including phenoxy) is 1. The number of phenolic OH excluding ortho intramolecular Hbond substituents is 1. The van der Waals surface area contributed by atoms with E-state index in [9.17, 15) is 10.2 Å². The summed E-state index contributed by atoms with van der Waals surface area (Å²) in [4.78, 5) is 2.54. The molecule has 2 aliphatic carbocycles. The second kappa shape index (κ2) is 4.42. The van der Waals surface area contributed by atoms with Crippen LogP contribution in [0.15, 0.2) is 12.1 Å². The van der Waals surface area contributed by atoms with E-state index in [0.717, 1.165) is 43.8 Å². The molecule has 4 heteroatoms. The van der Waals surface area contributed by atoms with Crippen LogP contribution in [-0.2, 0) is 11.8 Å². The normalized spacial score (nSPS) is 38.3. The number of rotatable bonds is 3. The van der Waals surface area contributed by atoms with Gasteiger partial charge in [-0.25, -0.2) is 0 Å². The largest absolute Gasteiger partial charge is 0.504 e. The zero-order chi connectivity index (χ0) is 15.8. The van der Waals surface area contributed by atoms with Gasteiger partial charge >= 0.3 is 0 Å². The molecule has 4 nitrogen and oxygen atoms in total. The van der Waals surface area contributed by atoms with Gasteiger partial charge in [-0.3, -0.25) is 4.90 Å². The Labute approximate surface area is 137 Å². The van der Waals surface area contributed by atoms with Crippen molar-refractivity contribution in [3.8, 4) is 11.5 Å². The Balaban J connectivity index is 1.66. The Morgan fingerprint density at radius 2 is 2.17 bits per heavy atom. The summed E-state index contributed by atoms with van der Waals surface area (Å²) in [6, 6.07) is 3.97. The first-order valence-electron chi connectivity index (χ1n) is 9.03. The van der Waals surface area contributed by atoms with E-state index < -0.39 is 5.60 Å². The summed E-state index contributed by atoms with van der Waals surface area (Å²) in [7, 11) is 0. The molecule has 2 unspecified atom stereocenters. The average molecular weight is 315 g/mol. The number of phenols is 1. The van der Waals surface area contributed by atoms with Crippen LogP contribution in [0.3, 0.4) is 0 Å². The molecule has 2 aliphatic heterocycles. The maximum atomic E-state index is 11.8. The van der Waals surface area contributed by atoms with Crippen molar-refractivity contribution in [2.75, 3.05) is 19.7 Å². The van der Waals surface area contributed by atoms with Crippen LogP contribution in [0.5, 0.6) is 11.5 Å². The molecular formula is C19H25NO3. The van der Waals surface area contributed by atoms with Gasteiger partial charge in [-0.15, -0.1) is 0 Å². The lowest BCUT2D eigenvalue weighted by atomic mass is 9.54. The predicted molar refractivity (Wildman–Crippen MR) is 86.9 cm³/mol. The third-order valence-electron chi connectivity index (χ3n) is 6.95. The van der Waals surface area contributed by atoms with Gasteiger partial charge in [0.05, 0.1) is 11.0 Å². The minimum Gasteiger partial charge on any atom is -0.504 e. The zero-order valence-electron chi connectivity index (χ0n) is 13.7. The molecule has 1 aromatic carbocycles. The lowest BCUT2D eigenvalue weighted by molar-refractivity contribution is -0.151. The third kappa shape index (κ3) is 1.64. The molecular weight excluding hydrogens is 290 g/mol. The van der Waals surface area contributed by atoms with Crippen LogP contribution in [0.2, 0.25) is 0 Å². The Morgan fingerprint density at radius 3 is 2.91 bits per heavy atom. The van der Waals surface area contributed by atoms with Crippen molar-refractivity contribution in [3.63, 3.8) is 0 Å². The highest BCUT2D eigenvalue weighted by molar-refractivity contribution is 5.60. The van der Waals surface area contributed by atoms with Crippen molar-refractivity contribution >= 4 is 0 Å². The number of piperidine rings is 1. The van der Waals surface area contributed by atoms with Gasteiger partial charge in [-0.1, -0.05) is 13.0 Å². The molecule has 23 heavy (non-hydrogen) atoms. The van der Waals surface area contributed by atoms with E-state index >= 15 is 0 Å². The van der Waals surface area contributed by atoms with Crippen LogP contribution in [0.25, 0.3) is 0 Å². The summed E-state index contributed by atoms with van der Waals surface area (Å²) in [5.74, 6) is 1.68. The summed E-state index contributed by atoms with van der Waals surface area (Å²) in [5, 5.41) is 22.0. The van der Waals surface area contributed by atoms with Gasteiger partial charge in [0.25, 0.3) is 0 Å². The fraction of sp³-hybridized carbons (Fsp3) is 0.684. The van der Waals surface area contributed by atoms with Crippen LogP contribution >= 0.6 is 0 Å². The summed E-state index contributed by atoms with van der Waals surface area (Å²) < 4.78 is 5.93. The van der Waals surface area contributed by atoms with E-state index in [4.69, 9.17) is 4.74 Å². The molecule has 2 bridgehead atoms. The number of nitrogens with zero attached hydrogens (tertiary/aromatic N) is 1. The van der Waals surface area contributed by atoms with Gasteiger partial charge < -0.3 is 14.9 Å². The van der Waals surface area contributed by atoms with Crippen molar-refractivity contribution in [2.24, 2.45) is 5.92 Å². The Morgan fingerprint density at radius 1 is 1.35 bits per heavy atom. The van der Waals surface area contributed by atoms with Gasteiger partial charge in [0.1, 0.15) is 6.61 Å². The van der Waals surface area contributed by atoms with E-state index in [-0.39, 0.29) is 17.2 Å². The molecule has 1 spiro atoms. The molecule has 124 valence electrons. The predicted octanol–water partition coefficient (Wildman–Crippen LogP) is 2.20. The molecule has 4 aliphatic rings. The van der Waals surface area contributed by atoms with Gasteiger partial charge in [0.2, 0.25) is 0 Å². The van der Waals surface area contributed by atoms with Crippen LogP contribution in [0.4, 0.5) is 0 Å². The van der Waals surface area contributed by atoms with Crippen LogP contribution in [-0.4, -0.2) is 46.5 Å². The topological polar surface area (TPSA) is 52.9 Å². The van der Waals surface area contributed by atoms with Crippen LogP contribution < -0.4 is 4.74 Å².